The van der Waals surface area contributed by atoms with Crippen molar-refractivity contribution >= 4 is 34.2 Å². The van der Waals surface area contributed by atoms with E-state index in [2.05, 4.69) is 34.1 Å². The van der Waals surface area contributed by atoms with E-state index in [9.17, 15) is 9.59 Å². The SMILES string of the molecule is C=CCNc1ccccc1C(=O)NCCc1c[nH]c2ccc(OC(=O)c3ccccc3NCC=C)cc12. The van der Waals surface area contributed by atoms with Crippen LogP contribution < -0.4 is 20.7 Å². The van der Waals surface area contributed by atoms with Gasteiger partial charge in [-0.2, -0.15) is 0 Å². The molecule has 4 aromatic rings. The number of benzene rings is 3. The van der Waals surface area contributed by atoms with Crippen LogP contribution in [0.3, 0.4) is 0 Å². The summed E-state index contributed by atoms with van der Waals surface area (Å²) in [4.78, 5) is 28.9. The van der Waals surface area contributed by atoms with E-state index in [0.717, 1.165) is 22.2 Å². The molecule has 0 aliphatic carbocycles. The minimum atomic E-state index is -0.445. The van der Waals surface area contributed by atoms with Crippen LogP contribution in [0.2, 0.25) is 0 Å². The smallest absolute Gasteiger partial charge is 0.345 e. The van der Waals surface area contributed by atoms with E-state index in [1.165, 1.54) is 0 Å². The molecular formula is C30H30N4O3. The van der Waals surface area contributed by atoms with Gasteiger partial charge in [-0.1, -0.05) is 36.4 Å². The summed E-state index contributed by atoms with van der Waals surface area (Å²) in [6, 6.07) is 20.1. The molecule has 7 heteroatoms. The number of para-hydroxylation sites is 2. The van der Waals surface area contributed by atoms with Crippen molar-refractivity contribution in [1.82, 2.24) is 10.3 Å². The molecule has 4 N–H and O–H groups in total. The lowest BCUT2D eigenvalue weighted by molar-refractivity contribution is 0.0735. The number of esters is 1. The van der Waals surface area contributed by atoms with Crippen LogP contribution >= 0.6 is 0 Å². The van der Waals surface area contributed by atoms with Crippen molar-refractivity contribution < 1.29 is 14.3 Å². The van der Waals surface area contributed by atoms with Gasteiger partial charge in [-0.05, 0) is 54.4 Å². The first-order valence-electron chi connectivity index (χ1n) is 12.1. The molecule has 0 bridgehead atoms. The van der Waals surface area contributed by atoms with Crippen LogP contribution in [0.25, 0.3) is 10.9 Å². The number of anilines is 2. The highest BCUT2D eigenvalue weighted by Crippen LogP contribution is 2.26. The van der Waals surface area contributed by atoms with E-state index in [1.54, 1.807) is 36.4 Å². The van der Waals surface area contributed by atoms with Crippen molar-refractivity contribution in [2.75, 3.05) is 30.3 Å². The summed E-state index contributed by atoms with van der Waals surface area (Å²) in [6.07, 6.45) is 6.00. The highest BCUT2D eigenvalue weighted by atomic mass is 16.5. The molecular weight excluding hydrogens is 464 g/mol. The van der Waals surface area contributed by atoms with Crippen molar-refractivity contribution in [3.05, 3.63) is 115 Å². The zero-order chi connectivity index (χ0) is 26.0. The minimum absolute atomic E-state index is 0.148. The van der Waals surface area contributed by atoms with Gasteiger partial charge in [0.05, 0.1) is 11.1 Å². The molecule has 0 saturated carbocycles. The summed E-state index contributed by atoms with van der Waals surface area (Å²) < 4.78 is 5.70. The van der Waals surface area contributed by atoms with Gasteiger partial charge < -0.3 is 25.7 Å². The maximum absolute atomic E-state index is 12.9. The molecule has 0 unspecified atom stereocenters. The monoisotopic (exact) mass is 494 g/mol. The van der Waals surface area contributed by atoms with Crippen molar-refractivity contribution in [2.24, 2.45) is 0 Å². The molecule has 1 aromatic heterocycles. The van der Waals surface area contributed by atoms with Crippen LogP contribution in [0.1, 0.15) is 26.3 Å². The fraction of sp³-hybridized carbons (Fsp3) is 0.133. The molecule has 0 atom stereocenters. The summed E-state index contributed by atoms with van der Waals surface area (Å²) in [6.45, 7) is 8.97. The van der Waals surface area contributed by atoms with Crippen molar-refractivity contribution in [3.8, 4) is 5.75 Å². The highest BCUT2D eigenvalue weighted by Gasteiger charge is 2.15. The zero-order valence-corrected chi connectivity index (χ0v) is 20.6. The van der Waals surface area contributed by atoms with Gasteiger partial charge >= 0.3 is 5.97 Å². The number of ether oxygens (including phenoxy) is 1. The standard InChI is InChI=1S/C30H30N4O3/c1-3-16-31-26-11-7-5-9-23(26)29(35)33-18-15-21-20-34-28-14-13-22(19-25(21)28)37-30(36)24-10-6-8-12-27(24)32-17-4-2/h3-14,19-20,31-32,34H,1-2,15-18H2,(H,33,35). The summed E-state index contributed by atoms with van der Waals surface area (Å²) in [7, 11) is 0. The largest absolute Gasteiger partial charge is 0.423 e. The Balaban J connectivity index is 1.42. The molecule has 4 rings (SSSR count). The molecule has 7 nitrogen and oxygen atoms in total. The number of hydrogen-bond acceptors (Lipinski definition) is 5. The molecule has 0 saturated heterocycles. The second-order valence-corrected chi connectivity index (χ2v) is 8.35. The van der Waals surface area contributed by atoms with E-state index in [0.29, 0.717) is 48.6 Å². The number of amides is 1. The van der Waals surface area contributed by atoms with E-state index >= 15 is 0 Å². The summed E-state index contributed by atoms with van der Waals surface area (Å²) in [5, 5.41) is 10.3. The molecule has 188 valence electrons. The molecule has 1 heterocycles. The molecule has 0 aliphatic rings. The van der Waals surface area contributed by atoms with Gasteiger partial charge in [0.1, 0.15) is 5.75 Å². The van der Waals surface area contributed by atoms with Gasteiger partial charge in [-0.3, -0.25) is 4.79 Å². The molecule has 0 aliphatic heterocycles. The Kier molecular flexibility index (Phi) is 8.39. The number of carbonyl (C=O) groups is 2. The molecule has 0 fully saturated rings. The third-order valence-corrected chi connectivity index (χ3v) is 5.82. The predicted molar refractivity (Wildman–Crippen MR) is 150 cm³/mol. The van der Waals surface area contributed by atoms with Crippen molar-refractivity contribution in [2.45, 2.75) is 6.42 Å². The first-order chi connectivity index (χ1) is 18.1. The molecule has 0 spiro atoms. The quantitative estimate of drug-likeness (QED) is 0.118. The normalized spacial score (nSPS) is 10.5. The Morgan fingerprint density at radius 2 is 1.51 bits per heavy atom. The third-order valence-electron chi connectivity index (χ3n) is 5.82. The maximum Gasteiger partial charge on any atom is 0.345 e. The van der Waals surface area contributed by atoms with Gasteiger partial charge in [0.15, 0.2) is 0 Å². The van der Waals surface area contributed by atoms with Crippen molar-refractivity contribution in [3.63, 3.8) is 0 Å². The van der Waals surface area contributed by atoms with Crippen molar-refractivity contribution in [1.29, 1.82) is 0 Å². The third kappa shape index (κ3) is 6.27. The molecule has 3 aromatic carbocycles. The minimum Gasteiger partial charge on any atom is -0.423 e. The number of hydrogen-bond donors (Lipinski definition) is 4. The van der Waals surface area contributed by atoms with Crippen LogP contribution in [0, 0.1) is 0 Å². The lowest BCUT2D eigenvalue weighted by atomic mass is 10.1. The Labute approximate surface area is 216 Å². The van der Waals surface area contributed by atoms with E-state index < -0.39 is 5.97 Å². The topological polar surface area (TPSA) is 95.2 Å². The number of carbonyl (C=O) groups excluding carboxylic acids is 2. The van der Waals surface area contributed by atoms with Crippen LogP contribution in [-0.4, -0.2) is 36.5 Å². The summed E-state index contributed by atoms with van der Waals surface area (Å²) >= 11 is 0. The van der Waals surface area contributed by atoms with Gasteiger partial charge in [-0.15, -0.1) is 13.2 Å². The fourth-order valence-electron chi connectivity index (χ4n) is 4.01. The van der Waals surface area contributed by atoms with E-state index in [1.807, 2.05) is 48.7 Å². The Bertz CT molecular complexity index is 1420. The summed E-state index contributed by atoms with van der Waals surface area (Å²) in [5.41, 5.74) is 4.42. The highest BCUT2D eigenvalue weighted by molar-refractivity contribution is 6.00. The molecule has 0 radical (unpaired) electrons. The van der Waals surface area contributed by atoms with Gasteiger partial charge in [0.2, 0.25) is 0 Å². The van der Waals surface area contributed by atoms with Crippen LogP contribution in [0.5, 0.6) is 5.75 Å². The second kappa shape index (κ2) is 12.3. The van der Waals surface area contributed by atoms with Crippen LogP contribution in [-0.2, 0) is 6.42 Å². The number of fused-ring (bicyclic) bond motifs is 1. The zero-order valence-electron chi connectivity index (χ0n) is 20.6. The Hall–Kier alpha value is -4.78. The molecule has 37 heavy (non-hydrogen) atoms. The van der Waals surface area contributed by atoms with Gasteiger partial charge in [0, 0.05) is 48.1 Å². The summed E-state index contributed by atoms with van der Waals surface area (Å²) in [5.74, 6) is -0.145. The first kappa shape index (κ1) is 25.3. The fourth-order valence-corrected chi connectivity index (χ4v) is 4.01. The maximum atomic E-state index is 12.9. The number of aromatic amines is 1. The lowest BCUT2D eigenvalue weighted by Crippen LogP contribution is -2.26. The number of rotatable bonds is 12. The van der Waals surface area contributed by atoms with E-state index in [-0.39, 0.29) is 5.91 Å². The van der Waals surface area contributed by atoms with Crippen LogP contribution in [0.4, 0.5) is 11.4 Å². The van der Waals surface area contributed by atoms with E-state index in [4.69, 9.17) is 4.74 Å². The van der Waals surface area contributed by atoms with Gasteiger partial charge in [0.25, 0.3) is 5.91 Å². The first-order valence-corrected chi connectivity index (χ1v) is 12.1. The average Bonchev–Trinajstić information content (AvgIpc) is 3.33. The molecule has 1 amide bonds. The average molecular weight is 495 g/mol. The Morgan fingerprint density at radius 1 is 0.865 bits per heavy atom. The lowest BCUT2D eigenvalue weighted by Gasteiger charge is -2.11. The number of H-pyrrole nitrogens is 1. The predicted octanol–water partition coefficient (Wildman–Crippen LogP) is 5.56. The number of aromatic nitrogens is 1. The Morgan fingerprint density at radius 3 is 2.22 bits per heavy atom. The second-order valence-electron chi connectivity index (χ2n) is 8.35. The van der Waals surface area contributed by atoms with Gasteiger partial charge in [-0.25, -0.2) is 4.79 Å². The van der Waals surface area contributed by atoms with Crippen LogP contribution in [0.15, 0.2) is 98.2 Å². The number of nitrogens with one attached hydrogen (secondary N) is 4.